The molecule has 4 N–H and O–H groups in total. The number of hydrogen-bond donors (Lipinski definition) is 3. The number of thiophene rings is 1. The number of hydrogen-bond acceptors (Lipinski definition) is 15. The van der Waals surface area contributed by atoms with E-state index in [0.717, 1.165) is 62.8 Å². The minimum Gasteiger partial charge on any atom is -0.383 e. The minimum atomic E-state index is -0.562. The average Bonchev–Trinajstić information content (AvgIpc) is 4.04. The number of nitrogens with two attached hydrogens (primary N) is 1. The lowest BCUT2D eigenvalue weighted by Gasteiger charge is -2.32. The molecule has 20 nitrogen and oxygen atoms in total. The van der Waals surface area contributed by atoms with Crippen LogP contribution >= 0.6 is 22.9 Å². The Hall–Kier alpha value is -6.91. The third-order valence-electron chi connectivity index (χ3n) is 13.7. The van der Waals surface area contributed by atoms with E-state index in [9.17, 15) is 19.2 Å². The highest BCUT2D eigenvalue weighted by Crippen LogP contribution is 2.40. The van der Waals surface area contributed by atoms with Gasteiger partial charge in [0.05, 0.1) is 56.4 Å². The van der Waals surface area contributed by atoms with Gasteiger partial charge in [-0.05, 0) is 95.0 Å². The summed E-state index contributed by atoms with van der Waals surface area (Å²) in [6.07, 6.45) is 6.57. The van der Waals surface area contributed by atoms with E-state index in [4.69, 9.17) is 36.9 Å². The zero-order valence-electron chi connectivity index (χ0n) is 43.8. The van der Waals surface area contributed by atoms with Crippen LogP contribution < -0.4 is 16.4 Å². The van der Waals surface area contributed by atoms with Crippen molar-refractivity contribution < 1.29 is 28.7 Å². The van der Waals surface area contributed by atoms with E-state index in [1.54, 1.807) is 52.1 Å². The number of aryl methyl sites for hydroxylation is 2. The fourth-order valence-electron chi connectivity index (χ4n) is 9.19. The summed E-state index contributed by atoms with van der Waals surface area (Å²) in [5.41, 5.74) is 13.9. The van der Waals surface area contributed by atoms with Gasteiger partial charge in [0.2, 0.25) is 17.7 Å². The maximum atomic E-state index is 13.9. The number of nitrogens with one attached hydrogen (secondary N) is 2. The lowest BCUT2D eigenvalue weighted by Crippen LogP contribution is -2.40. The maximum Gasteiger partial charge on any atom is 0.277 e. The highest BCUT2D eigenvalue weighted by Gasteiger charge is 2.33. The minimum absolute atomic E-state index is 0.0141. The van der Waals surface area contributed by atoms with Crippen LogP contribution in [0.1, 0.15) is 91.7 Å². The predicted molar refractivity (Wildman–Crippen MR) is 290 cm³/mol. The van der Waals surface area contributed by atoms with E-state index in [1.807, 2.05) is 68.8 Å². The van der Waals surface area contributed by atoms with Crippen LogP contribution in [-0.4, -0.2) is 159 Å². The Bertz CT molecular complexity index is 3150. The van der Waals surface area contributed by atoms with E-state index in [-0.39, 0.29) is 48.1 Å². The number of nitrogen functional groups attached to an aromatic ring is 1. The quantitative estimate of drug-likeness (QED) is 0.0597. The number of carbonyl (C=O) groups excluding carboxylic acids is 4. The van der Waals surface area contributed by atoms with Crippen LogP contribution in [-0.2, 0) is 30.3 Å². The Kier molecular flexibility index (Phi) is 17.5. The van der Waals surface area contributed by atoms with E-state index in [2.05, 4.69) is 49.5 Å². The second-order valence-corrected chi connectivity index (χ2v) is 20.8. The molecule has 1 saturated heterocycles. The Labute approximate surface area is 445 Å². The molecule has 2 aromatic carbocycles. The number of likely N-dealkylation sites (N-methyl/N-ethyl adjacent to an activating group) is 2. The van der Waals surface area contributed by atoms with Crippen LogP contribution in [0.4, 0.5) is 11.5 Å². The topological polar surface area (TPSA) is 233 Å². The number of anilines is 2. The van der Waals surface area contributed by atoms with Crippen molar-refractivity contribution in [2.75, 3.05) is 91.3 Å². The van der Waals surface area contributed by atoms with Gasteiger partial charge in [-0.3, -0.25) is 28.7 Å². The van der Waals surface area contributed by atoms with Crippen LogP contribution in [0.2, 0.25) is 5.02 Å². The highest BCUT2D eigenvalue weighted by atomic mass is 35.5. The predicted octanol–water partition coefficient (Wildman–Crippen LogP) is 5.91. The van der Waals surface area contributed by atoms with Gasteiger partial charge < -0.3 is 40.5 Å². The summed E-state index contributed by atoms with van der Waals surface area (Å²) >= 11 is 7.91. The molecule has 2 aliphatic heterocycles. The van der Waals surface area contributed by atoms with Crippen LogP contribution in [0.15, 0.2) is 59.9 Å². The summed E-state index contributed by atoms with van der Waals surface area (Å²) in [7, 11) is 5.40. The number of rotatable bonds is 20. The molecule has 0 radical (unpaired) electrons. The van der Waals surface area contributed by atoms with Gasteiger partial charge in [-0.2, -0.15) is 5.10 Å². The van der Waals surface area contributed by atoms with Crippen molar-refractivity contribution in [2.45, 2.75) is 72.4 Å². The lowest BCUT2D eigenvalue weighted by atomic mass is 9.98. The van der Waals surface area contributed by atoms with Crippen molar-refractivity contribution in [3.8, 4) is 5.00 Å². The molecule has 22 heteroatoms. The number of piperidine rings is 1. The Morgan fingerprint density at radius 2 is 1.69 bits per heavy atom. The van der Waals surface area contributed by atoms with Crippen LogP contribution in [0.5, 0.6) is 0 Å². The standard InChI is InChI=1S/C53H65ClN14O6S/c1-31-32(2)40(18-15-37(31)27-44(71)64(6)7)60-52(72)48-46-49(55)57-30-58-51(46)68(63-48)39-11-9-21-66(29-39)43(70)12-10-20-65(8)22-24-74-26-25-73-23-19-56-42(69)28-41-50-62-61-35(5)67(50)53-45(33(3)34(4)75-53)47(59-41)36-13-16-38(54)17-14-36/h10,12-18,30,39,41H,9,11,19-29H2,1-8H3,(H,56,69)(H,60,72)(H2,55,57,58)/b12-10+/t39-,41-/m1/s1. The molecule has 1 fully saturated rings. The van der Waals surface area contributed by atoms with E-state index < -0.39 is 11.9 Å². The van der Waals surface area contributed by atoms with Crippen LogP contribution in [0.3, 0.4) is 0 Å². The number of likely N-dealkylation sites (tertiary alicyclic amines) is 1. The summed E-state index contributed by atoms with van der Waals surface area (Å²) in [6, 6.07) is 10.4. The molecule has 4 amide bonds. The fourth-order valence-corrected chi connectivity index (χ4v) is 10.5. The zero-order valence-corrected chi connectivity index (χ0v) is 45.3. The van der Waals surface area contributed by atoms with Gasteiger partial charge >= 0.3 is 0 Å². The van der Waals surface area contributed by atoms with Crippen molar-refractivity contribution >= 4 is 74.8 Å². The molecule has 75 heavy (non-hydrogen) atoms. The second kappa shape index (κ2) is 24.2. The largest absolute Gasteiger partial charge is 0.383 e. The number of halogens is 1. The lowest BCUT2D eigenvalue weighted by molar-refractivity contribution is -0.128. The molecular weight excluding hydrogens is 996 g/mol. The Balaban J connectivity index is 0.755. The number of amides is 4. The summed E-state index contributed by atoms with van der Waals surface area (Å²) in [5.74, 6) is 0.701. The second-order valence-electron chi connectivity index (χ2n) is 19.1. The Morgan fingerprint density at radius 1 is 0.933 bits per heavy atom. The summed E-state index contributed by atoms with van der Waals surface area (Å²) in [4.78, 5) is 73.5. The molecule has 0 bridgehead atoms. The normalized spacial score (nSPS) is 15.5. The van der Waals surface area contributed by atoms with Gasteiger partial charge in [0.15, 0.2) is 17.2 Å². The summed E-state index contributed by atoms with van der Waals surface area (Å²) < 4.78 is 15.3. The number of carbonyl (C=O) groups is 4. The van der Waals surface area contributed by atoms with Crippen LogP contribution in [0, 0.1) is 34.6 Å². The molecule has 0 saturated carbocycles. The molecule has 4 aromatic heterocycles. The molecule has 2 atom stereocenters. The molecule has 0 aliphatic carbocycles. The smallest absolute Gasteiger partial charge is 0.277 e. The molecular formula is C53H65ClN14O6S. The van der Waals surface area contributed by atoms with Gasteiger partial charge in [-0.15, -0.1) is 21.5 Å². The first-order valence-corrected chi connectivity index (χ1v) is 26.2. The third-order valence-corrected chi connectivity index (χ3v) is 15.2. The summed E-state index contributed by atoms with van der Waals surface area (Å²) in [6.45, 7) is 13.9. The average molecular weight is 1060 g/mol. The molecule has 6 heterocycles. The van der Waals surface area contributed by atoms with Gasteiger partial charge in [0, 0.05) is 79.6 Å². The van der Waals surface area contributed by atoms with Crippen molar-refractivity contribution in [1.29, 1.82) is 0 Å². The Morgan fingerprint density at radius 3 is 2.45 bits per heavy atom. The SMILES string of the molecule is Cc1sc2c(c1C)C(c1ccc(Cl)cc1)=N[C@H](CC(=O)NCCOCCOCCN(C)C/C=C/C(=O)N1CCC[C@@H](n3nc(C(=O)Nc4ccc(CC(=O)N(C)C)c(C)c4C)c4c(N)ncnc43)C1)c1nnc(C)n1-2. The molecule has 396 valence electrons. The van der Waals surface area contributed by atoms with E-state index in [1.165, 1.54) is 11.2 Å². The van der Waals surface area contributed by atoms with Crippen LogP contribution in [0.25, 0.3) is 16.0 Å². The number of ether oxygens (including phenoxy) is 2. The number of fused-ring (bicyclic) bond motifs is 4. The van der Waals surface area contributed by atoms with E-state index >= 15 is 0 Å². The van der Waals surface area contributed by atoms with Crippen molar-refractivity contribution in [3.63, 3.8) is 0 Å². The molecule has 8 rings (SSSR count). The summed E-state index contributed by atoms with van der Waals surface area (Å²) in [5, 5.41) is 21.5. The molecule has 0 spiro atoms. The first-order valence-electron chi connectivity index (χ1n) is 25.0. The van der Waals surface area contributed by atoms with Gasteiger partial charge in [-0.1, -0.05) is 35.9 Å². The first kappa shape index (κ1) is 54.4. The monoisotopic (exact) mass is 1060 g/mol. The fraction of sp³-hybridized carbons (Fsp3) is 0.434. The van der Waals surface area contributed by atoms with Gasteiger partial charge in [0.1, 0.15) is 29.0 Å². The number of nitrogens with zero attached hydrogens (tertiary/aromatic N) is 11. The zero-order chi connectivity index (χ0) is 53.5. The first-order chi connectivity index (χ1) is 36.0. The highest BCUT2D eigenvalue weighted by molar-refractivity contribution is 7.15. The number of aliphatic imine (C=N–C) groups is 1. The van der Waals surface area contributed by atoms with E-state index in [0.29, 0.717) is 86.7 Å². The van der Waals surface area contributed by atoms with Crippen molar-refractivity contribution in [3.05, 3.63) is 116 Å². The molecule has 2 aliphatic rings. The van der Waals surface area contributed by atoms with Crippen molar-refractivity contribution in [2.24, 2.45) is 4.99 Å². The maximum absolute atomic E-state index is 13.9. The molecule has 6 aromatic rings. The number of benzene rings is 2. The third kappa shape index (κ3) is 12.5. The van der Waals surface area contributed by atoms with Gasteiger partial charge in [-0.25, -0.2) is 14.6 Å². The number of aromatic nitrogens is 7. The molecule has 0 unspecified atom stereocenters. The van der Waals surface area contributed by atoms with Gasteiger partial charge in [0.25, 0.3) is 5.91 Å². The van der Waals surface area contributed by atoms with Crippen molar-refractivity contribution in [1.82, 2.24) is 54.5 Å².